The lowest BCUT2D eigenvalue weighted by Gasteiger charge is -2.16. The van der Waals surface area contributed by atoms with Gasteiger partial charge in [-0.1, -0.05) is 12.1 Å². The summed E-state index contributed by atoms with van der Waals surface area (Å²) in [6.07, 6.45) is 1.93. The number of nitrogens with one attached hydrogen (secondary N) is 1. The topological polar surface area (TPSA) is 138 Å². The van der Waals surface area contributed by atoms with Crippen LogP contribution in [0.1, 0.15) is 32.8 Å². The molecule has 0 aliphatic carbocycles. The van der Waals surface area contributed by atoms with E-state index in [1.807, 2.05) is 6.92 Å². The number of thioether (sulfide) groups is 1. The van der Waals surface area contributed by atoms with E-state index in [0.717, 1.165) is 11.8 Å². The van der Waals surface area contributed by atoms with E-state index in [4.69, 9.17) is 10.1 Å². The third-order valence-corrected chi connectivity index (χ3v) is 4.90. The van der Waals surface area contributed by atoms with Gasteiger partial charge in [-0.05, 0) is 44.7 Å². The smallest absolute Gasteiger partial charge is 0.367 e. The van der Waals surface area contributed by atoms with E-state index in [2.05, 4.69) is 30.5 Å². The number of allylic oxidation sites excluding steroid dienone is 1. The summed E-state index contributed by atoms with van der Waals surface area (Å²) in [5, 5.41) is 28.5. The lowest BCUT2D eigenvalue weighted by Crippen LogP contribution is -2.21. The molecule has 0 saturated carbocycles. The van der Waals surface area contributed by atoms with Crippen LogP contribution < -0.4 is 0 Å². The minimum atomic E-state index is -0.866. The molecule has 1 N–H and O–H groups in total. The number of benzene rings is 1. The molecule has 30 heavy (non-hydrogen) atoms. The van der Waals surface area contributed by atoms with Crippen molar-refractivity contribution < 1.29 is 19.2 Å². The Labute approximate surface area is 177 Å². The Balaban J connectivity index is 1.91. The molecule has 0 amide bonds. The van der Waals surface area contributed by atoms with Gasteiger partial charge in [0.05, 0.1) is 28.9 Å². The van der Waals surface area contributed by atoms with Crippen LogP contribution in [-0.4, -0.2) is 41.8 Å². The van der Waals surface area contributed by atoms with Crippen LogP contribution in [0.15, 0.2) is 54.4 Å². The number of rotatable bonds is 6. The molecule has 0 fully saturated rings. The molecular formula is C19H20N6O4S. The van der Waals surface area contributed by atoms with E-state index in [1.165, 1.54) is 0 Å². The molecule has 0 aromatic heterocycles. The first-order valence-corrected chi connectivity index (χ1v) is 10.4. The van der Waals surface area contributed by atoms with Gasteiger partial charge in [-0.25, -0.2) is 9.59 Å². The van der Waals surface area contributed by atoms with Gasteiger partial charge in [0.2, 0.25) is 6.04 Å². The number of carbonyl (C=O) groups is 2. The number of nitrogens with zero attached hydrogens (tertiary/aromatic N) is 5. The fraction of sp³-hybridized carbons (Fsp3) is 0.368. The third kappa shape index (κ3) is 4.35. The van der Waals surface area contributed by atoms with Crippen molar-refractivity contribution in [3.05, 3.63) is 34.4 Å². The van der Waals surface area contributed by atoms with Gasteiger partial charge in [0.1, 0.15) is 10.6 Å². The van der Waals surface area contributed by atoms with Crippen molar-refractivity contribution >= 4 is 46.5 Å². The highest BCUT2D eigenvalue weighted by atomic mass is 32.2. The Morgan fingerprint density at radius 2 is 2.13 bits per heavy atom. The molecule has 0 bridgehead atoms. The largest absolute Gasteiger partial charge is 0.459 e. The van der Waals surface area contributed by atoms with Crippen LogP contribution in [0.5, 0.6) is 0 Å². The zero-order valence-electron chi connectivity index (χ0n) is 16.9. The van der Waals surface area contributed by atoms with Crippen molar-refractivity contribution in [3.8, 4) is 0 Å². The van der Waals surface area contributed by atoms with E-state index >= 15 is 0 Å². The molecule has 2 heterocycles. The summed E-state index contributed by atoms with van der Waals surface area (Å²) in [5.74, 6) is -1.13. The number of azo groups is 2. The maximum atomic E-state index is 12.4. The molecule has 1 atom stereocenters. The number of fused-ring (bicyclic) bond motifs is 1. The second kappa shape index (κ2) is 9.08. The fourth-order valence-electron chi connectivity index (χ4n) is 2.69. The molecule has 0 saturated heterocycles. The van der Waals surface area contributed by atoms with E-state index in [0.29, 0.717) is 29.1 Å². The van der Waals surface area contributed by atoms with Crippen LogP contribution in [0.25, 0.3) is 0 Å². The van der Waals surface area contributed by atoms with Gasteiger partial charge in [0.15, 0.2) is 0 Å². The van der Waals surface area contributed by atoms with Gasteiger partial charge in [-0.3, -0.25) is 5.41 Å². The van der Waals surface area contributed by atoms with Gasteiger partial charge in [-0.2, -0.15) is 10.2 Å². The lowest BCUT2D eigenvalue weighted by molar-refractivity contribution is -0.142. The average Bonchev–Trinajstić information content (AvgIpc) is 3.07. The summed E-state index contributed by atoms with van der Waals surface area (Å²) in [6, 6.07) is 4.03. The number of oxime groups is 1. The second-order valence-electron chi connectivity index (χ2n) is 6.58. The SMILES string of the molecule is CCC1=NOC(=O)C1N=Nc1ccc2c(c1)C(=N)/C(=C(\SC)C(=O)OC(C)C)N=N2. The molecule has 3 rings (SSSR count). The van der Waals surface area contributed by atoms with Gasteiger partial charge in [-0.15, -0.1) is 22.0 Å². The maximum Gasteiger partial charge on any atom is 0.367 e. The maximum absolute atomic E-state index is 12.4. The molecule has 1 aromatic rings. The Bertz CT molecular complexity index is 1030. The monoisotopic (exact) mass is 428 g/mol. The first kappa shape index (κ1) is 21.5. The van der Waals surface area contributed by atoms with E-state index in [-0.39, 0.29) is 22.4 Å². The minimum Gasteiger partial charge on any atom is -0.459 e. The van der Waals surface area contributed by atoms with Crippen molar-refractivity contribution in [1.82, 2.24) is 0 Å². The van der Waals surface area contributed by atoms with Crippen molar-refractivity contribution in [2.45, 2.75) is 39.3 Å². The molecule has 10 nitrogen and oxygen atoms in total. The number of hydrogen-bond donors (Lipinski definition) is 1. The highest BCUT2D eigenvalue weighted by Crippen LogP contribution is 2.35. The van der Waals surface area contributed by atoms with Crippen LogP contribution in [0.3, 0.4) is 0 Å². The summed E-state index contributed by atoms with van der Waals surface area (Å²) in [4.78, 5) is 28.9. The lowest BCUT2D eigenvalue weighted by atomic mass is 10.0. The number of carbonyl (C=O) groups excluding carboxylic acids is 2. The Hall–Kier alpha value is -3.21. The van der Waals surface area contributed by atoms with Crippen molar-refractivity contribution in [2.24, 2.45) is 25.6 Å². The van der Waals surface area contributed by atoms with Gasteiger partial charge >= 0.3 is 11.9 Å². The van der Waals surface area contributed by atoms with Crippen molar-refractivity contribution in [3.63, 3.8) is 0 Å². The van der Waals surface area contributed by atoms with E-state index in [1.54, 1.807) is 38.3 Å². The van der Waals surface area contributed by atoms with Gasteiger partial charge in [0.25, 0.3) is 0 Å². The molecular weight excluding hydrogens is 408 g/mol. The Kier molecular flexibility index (Phi) is 6.50. The highest BCUT2D eigenvalue weighted by molar-refractivity contribution is 8.03. The van der Waals surface area contributed by atoms with Crippen LogP contribution in [0, 0.1) is 5.41 Å². The first-order chi connectivity index (χ1) is 14.3. The minimum absolute atomic E-state index is 0.0261. The summed E-state index contributed by atoms with van der Waals surface area (Å²) in [5.41, 5.74) is 1.99. The average molecular weight is 428 g/mol. The third-order valence-electron chi connectivity index (χ3n) is 4.13. The Morgan fingerprint density at radius 3 is 2.80 bits per heavy atom. The van der Waals surface area contributed by atoms with Crippen LogP contribution in [0.2, 0.25) is 0 Å². The fourth-order valence-corrected chi connectivity index (χ4v) is 3.24. The quantitative estimate of drug-likeness (QED) is 0.309. The molecule has 156 valence electrons. The zero-order chi connectivity index (χ0) is 21.8. The van der Waals surface area contributed by atoms with Crippen LogP contribution >= 0.6 is 11.8 Å². The van der Waals surface area contributed by atoms with Crippen molar-refractivity contribution in [2.75, 3.05) is 6.26 Å². The highest BCUT2D eigenvalue weighted by Gasteiger charge is 2.32. The molecule has 2 aliphatic rings. The number of hydrogen-bond acceptors (Lipinski definition) is 11. The van der Waals surface area contributed by atoms with Crippen LogP contribution in [-0.2, 0) is 19.2 Å². The van der Waals surface area contributed by atoms with E-state index in [9.17, 15) is 9.59 Å². The summed E-state index contributed by atoms with van der Waals surface area (Å²) < 4.78 is 5.24. The number of ether oxygens (including phenoxy) is 1. The zero-order valence-corrected chi connectivity index (χ0v) is 17.7. The summed E-state index contributed by atoms with van der Waals surface area (Å²) in [7, 11) is 0. The van der Waals surface area contributed by atoms with E-state index < -0.39 is 18.0 Å². The molecule has 1 unspecified atom stereocenters. The summed E-state index contributed by atoms with van der Waals surface area (Å²) >= 11 is 1.14. The first-order valence-electron chi connectivity index (χ1n) is 9.18. The van der Waals surface area contributed by atoms with Gasteiger partial charge in [0, 0.05) is 5.56 Å². The molecule has 1 aromatic carbocycles. The normalized spacial score (nSPS) is 19.8. The predicted molar refractivity (Wildman–Crippen MR) is 112 cm³/mol. The molecule has 0 spiro atoms. The Morgan fingerprint density at radius 1 is 1.37 bits per heavy atom. The second-order valence-corrected chi connectivity index (χ2v) is 7.39. The number of esters is 1. The summed E-state index contributed by atoms with van der Waals surface area (Å²) in [6.45, 7) is 5.33. The van der Waals surface area contributed by atoms with Crippen LogP contribution in [0.4, 0.5) is 11.4 Å². The molecule has 11 heteroatoms. The molecule has 0 radical (unpaired) electrons. The standard InChI is InChI=1S/C19H20N6O4S/c1-5-12-15(18(26)29-25-12)23-21-10-6-7-13-11(8-10)14(20)16(24-22-13)17(30-4)19(27)28-9(2)3/h6-9,15,20H,5H2,1-4H3/b17-16+,20-14?,23-21?. The van der Waals surface area contributed by atoms with Crippen molar-refractivity contribution in [1.29, 1.82) is 5.41 Å². The van der Waals surface area contributed by atoms with Gasteiger partial charge < -0.3 is 9.57 Å². The predicted octanol–water partition coefficient (Wildman–Crippen LogP) is 4.45. The molecule has 2 aliphatic heterocycles.